The van der Waals surface area contributed by atoms with E-state index in [0.717, 1.165) is 42.1 Å². The lowest BCUT2D eigenvalue weighted by molar-refractivity contribution is 0.0813. The summed E-state index contributed by atoms with van der Waals surface area (Å²) < 4.78 is 15.5. The highest BCUT2D eigenvalue weighted by atomic mass is 32.1. The maximum atomic E-state index is 13.7. The molecule has 3 aromatic heterocycles. The normalized spacial score (nSPS) is 19.4. The number of piperidine rings is 1. The zero-order valence-electron chi connectivity index (χ0n) is 18.2. The van der Waals surface area contributed by atoms with Gasteiger partial charge in [-0.15, -0.1) is 11.3 Å². The molecule has 1 aliphatic heterocycles. The van der Waals surface area contributed by atoms with Gasteiger partial charge in [0.25, 0.3) is 0 Å². The molecule has 0 radical (unpaired) electrons. The second-order valence-electron chi connectivity index (χ2n) is 8.38. The van der Waals surface area contributed by atoms with Crippen LogP contribution in [0, 0.1) is 18.8 Å². The molecule has 1 aliphatic rings. The predicted molar refractivity (Wildman–Crippen MR) is 120 cm³/mol. The Morgan fingerprint density at radius 1 is 1.35 bits per heavy atom. The average molecular weight is 448 g/mol. The minimum absolute atomic E-state index is 0.230. The number of thiazole rings is 1. The predicted octanol–water partition coefficient (Wildman–Crippen LogP) is 2.43. The van der Waals surface area contributed by atoms with Crippen LogP contribution in [0.2, 0.25) is 0 Å². The summed E-state index contributed by atoms with van der Waals surface area (Å²) in [5.41, 5.74) is 2.86. The van der Waals surface area contributed by atoms with Crippen LogP contribution in [0.5, 0.6) is 0 Å². The Balaban J connectivity index is 1.55. The lowest BCUT2D eigenvalue weighted by atomic mass is 9.95. The van der Waals surface area contributed by atoms with E-state index in [1.165, 1.54) is 11.3 Å². The molecule has 0 aliphatic carbocycles. The molecule has 0 unspecified atom stereocenters. The first-order valence-electron chi connectivity index (χ1n) is 10.7. The van der Waals surface area contributed by atoms with Crippen molar-refractivity contribution in [1.82, 2.24) is 30.2 Å². The molecule has 8 nitrogen and oxygen atoms in total. The molecule has 10 heteroatoms. The van der Waals surface area contributed by atoms with Gasteiger partial charge in [0.1, 0.15) is 10.8 Å². The van der Waals surface area contributed by atoms with Gasteiger partial charge in [0.2, 0.25) is 5.95 Å². The largest absolute Gasteiger partial charge is 0.391 e. The van der Waals surface area contributed by atoms with E-state index in [1.54, 1.807) is 6.92 Å². The Bertz CT molecular complexity index is 1010. The molecule has 0 bridgehead atoms. The van der Waals surface area contributed by atoms with E-state index in [-0.39, 0.29) is 12.0 Å². The molecule has 0 aromatic carbocycles. The molecular weight excluding hydrogens is 417 g/mol. The summed E-state index contributed by atoms with van der Waals surface area (Å²) in [5, 5.41) is 25.5. The van der Waals surface area contributed by atoms with Gasteiger partial charge in [-0.2, -0.15) is 14.0 Å². The van der Waals surface area contributed by atoms with Crippen LogP contribution in [0.25, 0.3) is 5.65 Å². The number of rotatable bonds is 8. The maximum absolute atomic E-state index is 13.7. The van der Waals surface area contributed by atoms with Gasteiger partial charge in [0.05, 0.1) is 23.7 Å². The minimum atomic E-state index is -0.412. The van der Waals surface area contributed by atoms with Gasteiger partial charge in [0, 0.05) is 37.0 Å². The highest BCUT2D eigenvalue weighted by molar-refractivity contribution is 7.11. The van der Waals surface area contributed by atoms with Gasteiger partial charge in [0.15, 0.2) is 5.65 Å². The number of aliphatic hydroxyl groups is 1. The Kier molecular flexibility index (Phi) is 6.80. The number of nitrogens with one attached hydrogen (secondary N) is 3. The van der Waals surface area contributed by atoms with Gasteiger partial charge in [-0.1, -0.05) is 13.8 Å². The molecule has 168 valence electrons. The molecule has 0 amide bonds. The van der Waals surface area contributed by atoms with Crippen molar-refractivity contribution in [3.05, 3.63) is 39.4 Å². The summed E-state index contributed by atoms with van der Waals surface area (Å²) in [5.74, 6) is 0.945. The summed E-state index contributed by atoms with van der Waals surface area (Å²) in [6.45, 7) is 9.26. The molecule has 0 saturated carbocycles. The van der Waals surface area contributed by atoms with Crippen molar-refractivity contribution in [3.8, 4) is 0 Å². The number of anilines is 1. The van der Waals surface area contributed by atoms with Gasteiger partial charge in [-0.3, -0.25) is 0 Å². The van der Waals surface area contributed by atoms with Crippen molar-refractivity contribution >= 4 is 22.8 Å². The van der Waals surface area contributed by atoms with E-state index in [9.17, 15) is 9.50 Å². The summed E-state index contributed by atoms with van der Waals surface area (Å²) in [7, 11) is 0. The quantitative estimate of drug-likeness (QED) is 0.421. The first kappa shape index (κ1) is 22.1. The number of aryl methyl sites for hydroxylation is 1. The third-order valence-corrected chi connectivity index (χ3v) is 6.70. The molecule has 0 spiro atoms. The molecule has 3 aromatic rings. The standard InChI is InChI=1S/C21H30FN7OS/c1-12(2)16-9-27-29-20(26-11-18-28-19(22)13(3)31-18)15(8-25-21(16)29)7-24-6-14-4-5-23-10-17(14)30/h8-9,12,14,17,23-24,26,30H,4-7,10-11H2,1-3H3/t14-,17+/m1/s1. The van der Waals surface area contributed by atoms with Crippen molar-refractivity contribution in [2.75, 3.05) is 25.0 Å². The van der Waals surface area contributed by atoms with E-state index in [0.29, 0.717) is 35.4 Å². The van der Waals surface area contributed by atoms with Crippen LogP contribution in [0.4, 0.5) is 10.2 Å². The summed E-state index contributed by atoms with van der Waals surface area (Å²) in [6, 6.07) is 0. The van der Waals surface area contributed by atoms with Gasteiger partial charge < -0.3 is 21.1 Å². The number of nitrogens with zero attached hydrogens (tertiary/aromatic N) is 4. The van der Waals surface area contributed by atoms with Crippen molar-refractivity contribution < 1.29 is 9.50 Å². The molecule has 4 N–H and O–H groups in total. The first-order chi connectivity index (χ1) is 14.9. The fourth-order valence-electron chi connectivity index (χ4n) is 3.90. The number of halogens is 1. The number of aliphatic hydroxyl groups excluding tert-OH is 1. The molecule has 4 rings (SSSR count). The Morgan fingerprint density at radius 3 is 2.90 bits per heavy atom. The molecule has 4 heterocycles. The zero-order valence-corrected chi connectivity index (χ0v) is 19.0. The highest BCUT2D eigenvalue weighted by Gasteiger charge is 2.22. The number of β-amino-alcohol motifs (C(OH)–C–C–N with tert-alkyl or cyclic N) is 1. The molecule has 31 heavy (non-hydrogen) atoms. The second-order valence-corrected chi connectivity index (χ2v) is 9.67. The van der Waals surface area contributed by atoms with Crippen LogP contribution in [0.15, 0.2) is 12.4 Å². The molecule has 2 atom stereocenters. The van der Waals surface area contributed by atoms with E-state index in [4.69, 9.17) is 0 Å². The monoisotopic (exact) mass is 447 g/mol. The second kappa shape index (κ2) is 9.56. The van der Waals surface area contributed by atoms with Gasteiger partial charge in [-0.05, 0) is 31.7 Å². The third-order valence-electron chi connectivity index (χ3n) is 5.75. The van der Waals surface area contributed by atoms with Crippen LogP contribution in [-0.2, 0) is 13.1 Å². The van der Waals surface area contributed by atoms with Gasteiger partial charge in [-0.25, -0.2) is 9.97 Å². The van der Waals surface area contributed by atoms with Crippen molar-refractivity contribution in [2.45, 2.75) is 52.3 Å². The number of aromatic nitrogens is 4. The maximum Gasteiger partial charge on any atom is 0.226 e. The average Bonchev–Trinajstić information content (AvgIpc) is 3.31. The van der Waals surface area contributed by atoms with E-state index in [1.807, 2.05) is 16.9 Å². The highest BCUT2D eigenvalue weighted by Crippen LogP contribution is 2.25. The van der Waals surface area contributed by atoms with Gasteiger partial charge >= 0.3 is 0 Å². The third kappa shape index (κ3) is 4.87. The zero-order chi connectivity index (χ0) is 22.0. The van der Waals surface area contributed by atoms with Crippen molar-refractivity contribution in [1.29, 1.82) is 0 Å². The Hall–Kier alpha value is -2.14. The summed E-state index contributed by atoms with van der Waals surface area (Å²) in [6.07, 6.45) is 4.34. The van der Waals surface area contributed by atoms with Crippen LogP contribution in [0.1, 0.15) is 47.2 Å². The topological polar surface area (TPSA) is 99.4 Å². The molecule has 1 fully saturated rings. The van der Waals surface area contributed by atoms with Crippen LogP contribution in [-0.4, -0.2) is 50.4 Å². The van der Waals surface area contributed by atoms with Crippen LogP contribution in [0.3, 0.4) is 0 Å². The summed E-state index contributed by atoms with van der Waals surface area (Å²) in [4.78, 5) is 9.24. The van der Waals surface area contributed by atoms with E-state index < -0.39 is 5.95 Å². The first-order valence-corrected chi connectivity index (χ1v) is 11.6. The number of hydrogen-bond donors (Lipinski definition) is 4. The van der Waals surface area contributed by atoms with Crippen LogP contribution < -0.4 is 16.0 Å². The fraction of sp³-hybridized carbons (Fsp3) is 0.571. The summed E-state index contributed by atoms with van der Waals surface area (Å²) >= 11 is 1.35. The smallest absolute Gasteiger partial charge is 0.226 e. The van der Waals surface area contributed by atoms with Crippen molar-refractivity contribution in [2.24, 2.45) is 5.92 Å². The minimum Gasteiger partial charge on any atom is -0.391 e. The fourth-order valence-corrected chi connectivity index (χ4v) is 4.65. The van der Waals surface area contributed by atoms with Crippen LogP contribution >= 0.6 is 11.3 Å². The number of fused-ring (bicyclic) bond motifs is 1. The van der Waals surface area contributed by atoms with E-state index >= 15 is 0 Å². The van der Waals surface area contributed by atoms with E-state index in [2.05, 4.69) is 44.9 Å². The Labute approximate surface area is 185 Å². The molecule has 1 saturated heterocycles. The molecular formula is C21H30FN7OS. The Morgan fingerprint density at radius 2 is 2.19 bits per heavy atom. The SMILES string of the molecule is Cc1sc(CNc2c(CNC[C@H]3CCNC[C@@H]3O)cnc3c(C(C)C)cnn23)nc1F. The number of hydrogen-bond acceptors (Lipinski definition) is 8. The lowest BCUT2D eigenvalue weighted by Gasteiger charge is -2.28. The lowest BCUT2D eigenvalue weighted by Crippen LogP contribution is -2.44. The van der Waals surface area contributed by atoms with Crippen molar-refractivity contribution in [3.63, 3.8) is 0 Å².